The van der Waals surface area contributed by atoms with Crippen molar-refractivity contribution in [2.75, 3.05) is 13.2 Å². The second kappa shape index (κ2) is 69.3. The maximum atomic E-state index is 13.0. The Labute approximate surface area is 503 Å². The van der Waals surface area contributed by atoms with Gasteiger partial charge in [-0.1, -0.05) is 351 Å². The lowest BCUT2D eigenvalue weighted by Crippen LogP contribution is -2.30. The van der Waals surface area contributed by atoms with Crippen LogP contribution in [0.2, 0.25) is 0 Å². The van der Waals surface area contributed by atoms with Gasteiger partial charge in [-0.2, -0.15) is 0 Å². The van der Waals surface area contributed by atoms with Crippen LogP contribution in [0.25, 0.3) is 0 Å². The molecule has 1 atom stereocenters. The number of rotatable bonds is 65. The molecule has 1 unspecified atom stereocenters. The van der Waals surface area contributed by atoms with Crippen molar-refractivity contribution in [1.82, 2.24) is 0 Å². The van der Waals surface area contributed by atoms with E-state index in [2.05, 4.69) is 81.5 Å². The van der Waals surface area contributed by atoms with E-state index < -0.39 is 12.1 Å². The lowest BCUT2D eigenvalue weighted by Gasteiger charge is -2.18. The molecule has 81 heavy (non-hydrogen) atoms. The Morgan fingerprint density at radius 3 is 0.852 bits per heavy atom. The molecule has 0 rings (SSSR count). The molecule has 0 aliphatic heterocycles. The highest BCUT2D eigenvalue weighted by atomic mass is 16.6. The number of carbonyl (C=O) groups excluding carboxylic acids is 3. The minimum Gasteiger partial charge on any atom is -0.462 e. The Bertz CT molecular complexity index is 1490. The van der Waals surface area contributed by atoms with Crippen molar-refractivity contribution in [3.8, 4) is 0 Å². The van der Waals surface area contributed by atoms with Gasteiger partial charge >= 0.3 is 17.9 Å². The SMILES string of the molecule is CC/C=C\C/C=C\C/C=C\C/C=C\C/C=C\CC(=O)OCC(COC(=O)CCCCCCCCCCCCCCC/C=C\CCCCCCCCCC)OC(=O)CCCCCCCCCCCCCCCCCCCCCCCCC. The van der Waals surface area contributed by atoms with Crippen molar-refractivity contribution < 1.29 is 28.6 Å². The monoisotopic (exact) mass is 1130 g/mol. The molecule has 0 aromatic heterocycles. The molecule has 0 radical (unpaired) electrons. The molecule has 0 heterocycles. The van der Waals surface area contributed by atoms with Gasteiger partial charge in [0.2, 0.25) is 0 Å². The Kier molecular flexibility index (Phi) is 66.6. The summed E-state index contributed by atoms with van der Waals surface area (Å²) in [5.74, 6) is -1.01. The van der Waals surface area contributed by atoms with Gasteiger partial charge in [-0.3, -0.25) is 14.4 Å². The van der Waals surface area contributed by atoms with Crippen LogP contribution in [0.1, 0.15) is 367 Å². The number of unbranched alkanes of at least 4 members (excludes halogenated alkanes) is 43. The fraction of sp³-hybridized carbons (Fsp3) is 0.800. The van der Waals surface area contributed by atoms with Gasteiger partial charge in [-0.25, -0.2) is 0 Å². The van der Waals surface area contributed by atoms with Crippen LogP contribution in [-0.4, -0.2) is 37.2 Å². The zero-order valence-electron chi connectivity index (χ0n) is 54.1. The van der Waals surface area contributed by atoms with E-state index in [4.69, 9.17) is 14.2 Å². The number of allylic oxidation sites excluding steroid dienone is 11. The molecule has 0 aliphatic carbocycles. The maximum Gasteiger partial charge on any atom is 0.309 e. The summed E-state index contributed by atoms with van der Waals surface area (Å²) >= 11 is 0. The molecule has 0 amide bonds. The van der Waals surface area contributed by atoms with Gasteiger partial charge in [-0.15, -0.1) is 0 Å². The van der Waals surface area contributed by atoms with Gasteiger partial charge < -0.3 is 14.2 Å². The van der Waals surface area contributed by atoms with E-state index in [1.807, 2.05) is 12.2 Å². The Balaban J connectivity index is 4.33. The van der Waals surface area contributed by atoms with E-state index in [1.165, 1.54) is 257 Å². The quantitative estimate of drug-likeness (QED) is 0.0261. The number of hydrogen-bond acceptors (Lipinski definition) is 6. The van der Waals surface area contributed by atoms with Crippen molar-refractivity contribution in [2.24, 2.45) is 0 Å². The molecular formula is C75H134O6. The third-order valence-corrected chi connectivity index (χ3v) is 15.7. The second-order valence-corrected chi connectivity index (χ2v) is 23.8. The van der Waals surface area contributed by atoms with Crippen LogP contribution >= 0.6 is 0 Å². The molecule has 0 saturated carbocycles. The summed E-state index contributed by atoms with van der Waals surface area (Å²) in [6.07, 6.45) is 91.1. The summed E-state index contributed by atoms with van der Waals surface area (Å²) in [5.41, 5.74) is 0. The molecule has 470 valence electrons. The summed E-state index contributed by atoms with van der Waals surface area (Å²) in [7, 11) is 0. The van der Waals surface area contributed by atoms with E-state index in [0.717, 1.165) is 70.6 Å². The van der Waals surface area contributed by atoms with E-state index in [-0.39, 0.29) is 31.6 Å². The molecule has 6 nitrogen and oxygen atoms in total. The molecule has 0 spiro atoms. The lowest BCUT2D eigenvalue weighted by molar-refractivity contribution is -0.166. The first-order valence-corrected chi connectivity index (χ1v) is 35.4. The molecule has 0 fully saturated rings. The maximum absolute atomic E-state index is 13.0. The fourth-order valence-electron chi connectivity index (χ4n) is 10.5. The normalized spacial score (nSPS) is 12.5. The van der Waals surface area contributed by atoms with Crippen LogP contribution in [-0.2, 0) is 28.6 Å². The van der Waals surface area contributed by atoms with Crippen LogP contribution in [0.4, 0.5) is 0 Å². The summed E-state index contributed by atoms with van der Waals surface area (Å²) in [6, 6.07) is 0. The van der Waals surface area contributed by atoms with Gasteiger partial charge in [-0.05, 0) is 70.6 Å². The molecule has 0 bridgehead atoms. The van der Waals surface area contributed by atoms with E-state index in [0.29, 0.717) is 12.8 Å². The van der Waals surface area contributed by atoms with Crippen molar-refractivity contribution in [1.29, 1.82) is 0 Å². The average molecular weight is 1130 g/mol. The van der Waals surface area contributed by atoms with Crippen molar-refractivity contribution in [2.45, 2.75) is 374 Å². The first-order chi connectivity index (χ1) is 40.0. The molecule has 0 saturated heterocycles. The minimum atomic E-state index is -0.815. The van der Waals surface area contributed by atoms with Gasteiger partial charge in [0.15, 0.2) is 6.10 Å². The predicted octanol–water partition coefficient (Wildman–Crippen LogP) is 24.4. The summed E-state index contributed by atoms with van der Waals surface area (Å²) in [6.45, 7) is 6.50. The summed E-state index contributed by atoms with van der Waals surface area (Å²) < 4.78 is 16.9. The third kappa shape index (κ3) is 67.5. The largest absolute Gasteiger partial charge is 0.462 e. The molecule has 0 aliphatic rings. The van der Waals surface area contributed by atoms with Crippen molar-refractivity contribution in [3.05, 3.63) is 72.9 Å². The fourth-order valence-corrected chi connectivity index (χ4v) is 10.5. The van der Waals surface area contributed by atoms with Crippen LogP contribution in [0.15, 0.2) is 72.9 Å². The molecule has 0 N–H and O–H groups in total. The number of esters is 3. The van der Waals surface area contributed by atoms with Crippen molar-refractivity contribution in [3.63, 3.8) is 0 Å². The highest BCUT2D eigenvalue weighted by molar-refractivity contribution is 5.72. The standard InChI is InChI=1S/C75H134O6/c1-4-7-10-13-16-19-22-25-28-30-32-34-36-37-39-40-42-44-47-50-53-56-59-62-65-68-74(77)80-71-72(70-79-73(76)67-64-61-58-55-52-49-46-27-24-21-18-15-12-9-6-3)81-75(78)69-66-63-60-57-54-51-48-45-43-41-38-35-33-31-29-26-23-20-17-14-11-8-5-2/h9,12,18,21,27,30,32,46,52,55,61,64,72H,4-8,10-11,13-17,19-20,22-26,28-29,31,33-45,47-51,53-54,56-60,62-63,65-71H2,1-3H3/b12-9-,21-18-,32-30-,46-27-,55-52-,64-61-. The van der Waals surface area contributed by atoms with Crippen LogP contribution < -0.4 is 0 Å². The third-order valence-electron chi connectivity index (χ3n) is 15.7. The van der Waals surface area contributed by atoms with E-state index in [1.54, 1.807) is 0 Å². The first kappa shape index (κ1) is 77.9. The topological polar surface area (TPSA) is 78.9 Å². The lowest BCUT2D eigenvalue weighted by atomic mass is 10.0. The molecule has 0 aromatic carbocycles. The number of hydrogen-bond donors (Lipinski definition) is 0. The van der Waals surface area contributed by atoms with Gasteiger partial charge in [0.25, 0.3) is 0 Å². The zero-order valence-corrected chi connectivity index (χ0v) is 54.1. The van der Waals surface area contributed by atoms with Gasteiger partial charge in [0, 0.05) is 12.8 Å². The average Bonchev–Trinajstić information content (AvgIpc) is 3.47. The van der Waals surface area contributed by atoms with Crippen LogP contribution in [0.3, 0.4) is 0 Å². The highest BCUT2D eigenvalue weighted by Crippen LogP contribution is 2.18. The Hall–Kier alpha value is -3.15. The smallest absolute Gasteiger partial charge is 0.309 e. The zero-order chi connectivity index (χ0) is 58.5. The Morgan fingerprint density at radius 1 is 0.272 bits per heavy atom. The number of ether oxygens (including phenoxy) is 3. The van der Waals surface area contributed by atoms with Gasteiger partial charge in [0.05, 0.1) is 6.42 Å². The highest BCUT2D eigenvalue weighted by Gasteiger charge is 2.19. The first-order valence-electron chi connectivity index (χ1n) is 35.4. The predicted molar refractivity (Wildman–Crippen MR) is 353 cm³/mol. The molecular weight excluding hydrogens is 997 g/mol. The van der Waals surface area contributed by atoms with Crippen LogP contribution in [0, 0.1) is 0 Å². The molecule has 6 heteroatoms. The van der Waals surface area contributed by atoms with Gasteiger partial charge in [0.1, 0.15) is 13.2 Å². The summed E-state index contributed by atoms with van der Waals surface area (Å²) in [5, 5.41) is 0. The molecule has 0 aromatic rings. The van der Waals surface area contributed by atoms with Crippen molar-refractivity contribution >= 4 is 17.9 Å². The number of carbonyl (C=O) groups is 3. The minimum absolute atomic E-state index is 0.101. The second-order valence-electron chi connectivity index (χ2n) is 23.8. The van der Waals surface area contributed by atoms with E-state index in [9.17, 15) is 14.4 Å². The van der Waals surface area contributed by atoms with E-state index >= 15 is 0 Å². The van der Waals surface area contributed by atoms with Crippen LogP contribution in [0.5, 0.6) is 0 Å². The summed E-state index contributed by atoms with van der Waals surface area (Å²) in [4.78, 5) is 38.4. The Morgan fingerprint density at radius 2 is 0.531 bits per heavy atom.